The van der Waals surface area contributed by atoms with Crippen LogP contribution in [0.15, 0.2) is 48.8 Å². The molecule has 7 fully saturated rings. The van der Waals surface area contributed by atoms with Gasteiger partial charge in [-0.25, -0.2) is 13.8 Å². The molecule has 2 spiro atoms. The van der Waals surface area contributed by atoms with E-state index in [4.69, 9.17) is 19.4 Å². The zero-order chi connectivity index (χ0) is 47.8. The Morgan fingerprint density at radius 1 is 0.929 bits per heavy atom. The molecule has 2 saturated carbocycles. The summed E-state index contributed by atoms with van der Waals surface area (Å²) in [7, 11) is 0. The molecule has 0 radical (unpaired) electrons. The second-order valence-corrected chi connectivity index (χ2v) is 21.9. The first-order valence-electron chi connectivity index (χ1n) is 25.8. The molecule has 8 heterocycles. The number of imide groups is 1. The maximum atomic E-state index is 17.2. The first-order valence-corrected chi connectivity index (χ1v) is 25.8. The van der Waals surface area contributed by atoms with Crippen molar-refractivity contribution < 1.29 is 33.0 Å². The number of amides is 2. The van der Waals surface area contributed by atoms with Crippen molar-refractivity contribution in [1.82, 2.24) is 35.1 Å². The zero-order valence-corrected chi connectivity index (χ0v) is 40.1. The van der Waals surface area contributed by atoms with Gasteiger partial charge in [0.1, 0.15) is 40.5 Å². The summed E-state index contributed by atoms with van der Waals surface area (Å²) in [5.41, 5.74) is 2.27. The first-order chi connectivity index (χ1) is 34.0. The number of carbonyl (C=O) groups excluding carboxylic acids is 2. The van der Waals surface area contributed by atoms with Gasteiger partial charge in [0.05, 0.1) is 24.2 Å². The molecular weight excluding hydrogens is 893 g/mol. The SMILES string of the molecule is CCc1c(F)ccc2cc(O)cc(-c3ncc4c(N5CCC[C@]6(CCO6)C5)nc(OCC5(CN6CCC7(CC6)CC(N6CCC(c8ccc(NC9CCC(=O)NC9=O)nc8)CC6)C7)CC5)nc4c3F)c12. The van der Waals surface area contributed by atoms with Crippen LogP contribution in [0.3, 0.4) is 0 Å². The Kier molecular flexibility index (Phi) is 11.7. The number of piperidine rings is 4. The van der Waals surface area contributed by atoms with Gasteiger partial charge in [0, 0.05) is 61.9 Å². The average Bonchev–Trinajstić information content (AvgIpc) is 4.12. The molecule has 2 aliphatic carbocycles. The van der Waals surface area contributed by atoms with Gasteiger partial charge in [0.2, 0.25) is 11.8 Å². The maximum absolute atomic E-state index is 17.2. The number of phenolic OH excluding ortho intramolecular Hbond substituents is 1. The minimum atomic E-state index is -0.662. The van der Waals surface area contributed by atoms with Crippen LogP contribution in [0, 0.1) is 22.5 Å². The van der Waals surface area contributed by atoms with Crippen LogP contribution in [0.25, 0.3) is 32.9 Å². The number of anilines is 2. The van der Waals surface area contributed by atoms with E-state index in [1.165, 1.54) is 43.4 Å². The number of hydrogen-bond donors (Lipinski definition) is 3. The average molecular weight is 956 g/mol. The number of pyridine rings is 2. The molecule has 2 amide bonds. The normalized spacial score (nSPS) is 25.0. The van der Waals surface area contributed by atoms with Crippen molar-refractivity contribution in [2.75, 3.05) is 69.2 Å². The highest BCUT2D eigenvalue weighted by Gasteiger charge is 2.51. The van der Waals surface area contributed by atoms with Gasteiger partial charge in [-0.2, -0.15) is 9.97 Å². The lowest BCUT2D eigenvalue weighted by molar-refractivity contribution is -0.151. The van der Waals surface area contributed by atoms with E-state index < -0.39 is 11.9 Å². The van der Waals surface area contributed by atoms with Crippen molar-refractivity contribution in [3.05, 3.63) is 71.6 Å². The van der Waals surface area contributed by atoms with Crippen LogP contribution >= 0.6 is 0 Å². The fourth-order valence-corrected chi connectivity index (χ4v) is 12.9. The van der Waals surface area contributed by atoms with Crippen molar-refractivity contribution >= 4 is 45.1 Å². The van der Waals surface area contributed by atoms with E-state index in [0.717, 1.165) is 90.8 Å². The molecular formula is C54H63F2N9O5. The molecule has 5 saturated heterocycles. The third-order valence-corrected chi connectivity index (χ3v) is 17.4. The predicted octanol–water partition coefficient (Wildman–Crippen LogP) is 8.05. The smallest absolute Gasteiger partial charge is 0.319 e. The molecule has 5 aliphatic heterocycles. The molecule has 368 valence electrons. The third kappa shape index (κ3) is 8.61. The molecule has 3 N–H and O–H groups in total. The van der Waals surface area contributed by atoms with Crippen LogP contribution in [0.1, 0.15) is 107 Å². The summed E-state index contributed by atoms with van der Waals surface area (Å²) in [6.07, 6.45) is 17.0. The van der Waals surface area contributed by atoms with Crippen LogP contribution in [0.5, 0.6) is 11.8 Å². The topological polar surface area (TPSA) is 158 Å². The monoisotopic (exact) mass is 955 g/mol. The van der Waals surface area contributed by atoms with Crippen molar-refractivity contribution in [1.29, 1.82) is 0 Å². The Hall–Kier alpha value is -5.58. The number of nitrogens with one attached hydrogen (secondary N) is 2. The number of fused-ring (bicyclic) bond motifs is 2. The maximum Gasteiger partial charge on any atom is 0.319 e. The third-order valence-electron chi connectivity index (χ3n) is 17.4. The molecule has 0 bridgehead atoms. The summed E-state index contributed by atoms with van der Waals surface area (Å²) in [5.74, 6) is 0.103. The van der Waals surface area contributed by atoms with Gasteiger partial charge in [-0.05, 0) is 161 Å². The lowest BCUT2D eigenvalue weighted by atomic mass is 9.59. The summed E-state index contributed by atoms with van der Waals surface area (Å²) in [5, 5.41) is 18.0. The predicted molar refractivity (Wildman–Crippen MR) is 262 cm³/mol. The summed E-state index contributed by atoms with van der Waals surface area (Å²) >= 11 is 0. The summed E-state index contributed by atoms with van der Waals surface area (Å²) < 4.78 is 45.1. The van der Waals surface area contributed by atoms with Gasteiger partial charge in [-0.15, -0.1) is 0 Å². The zero-order valence-electron chi connectivity index (χ0n) is 40.1. The summed E-state index contributed by atoms with van der Waals surface area (Å²) in [6, 6.07) is 10.5. The Morgan fingerprint density at radius 3 is 2.46 bits per heavy atom. The van der Waals surface area contributed by atoms with E-state index in [0.29, 0.717) is 88.7 Å². The molecule has 16 heteroatoms. The highest BCUT2D eigenvalue weighted by molar-refractivity contribution is 6.02. The number of phenols is 1. The highest BCUT2D eigenvalue weighted by atomic mass is 19.1. The lowest BCUT2D eigenvalue weighted by Crippen LogP contribution is -2.56. The number of hydrogen-bond acceptors (Lipinski definition) is 13. The number of aryl methyl sites for hydroxylation is 1. The van der Waals surface area contributed by atoms with Crippen LogP contribution in [0.2, 0.25) is 0 Å². The molecule has 5 aromatic rings. The quantitative estimate of drug-likeness (QED) is 0.103. The number of aromatic hydroxyl groups is 1. The van der Waals surface area contributed by atoms with Crippen molar-refractivity contribution in [2.24, 2.45) is 10.8 Å². The minimum absolute atomic E-state index is 0.00656. The van der Waals surface area contributed by atoms with Crippen LogP contribution in [0.4, 0.5) is 20.4 Å². The molecule has 14 nitrogen and oxygen atoms in total. The Balaban J connectivity index is 0.683. The van der Waals surface area contributed by atoms with Crippen LogP contribution < -0.4 is 20.3 Å². The fraction of sp³-hybridized carbons (Fsp3) is 0.556. The number of halogens is 2. The summed E-state index contributed by atoms with van der Waals surface area (Å²) in [4.78, 5) is 50.3. The number of carbonyl (C=O) groups is 2. The van der Waals surface area contributed by atoms with E-state index in [1.54, 1.807) is 18.3 Å². The van der Waals surface area contributed by atoms with Crippen molar-refractivity contribution in [3.8, 4) is 23.0 Å². The van der Waals surface area contributed by atoms with E-state index in [-0.39, 0.29) is 51.6 Å². The Labute approximate surface area is 406 Å². The van der Waals surface area contributed by atoms with Crippen molar-refractivity contribution in [3.63, 3.8) is 0 Å². The number of aromatic nitrogens is 4. The Morgan fingerprint density at radius 2 is 1.74 bits per heavy atom. The lowest BCUT2D eigenvalue weighted by Gasteiger charge is -2.56. The molecule has 2 aromatic carbocycles. The molecule has 12 rings (SSSR count). The second-order valence-electron chi connectivity index (χ2n) is 21.9. The number of benzene rings is 2. The van der Waals surface area contributed by atoms with Gasteiger partial charge < -0.3 is 34.6 Å². The highest BCUT2D eigenvalue weighted by Crippen LogP contribution is 2.53. The van der Waals surface area contributed by atoms with Crippen molar-refractivity contribution in [2.45, 2.75) is 120 Å². The molecule has 2 atom stereocenters. The number of ether oxygens (including phenoxy) is 2. The molecule has 7 aliphatic rings. The second kappa shape index (κ2) is 17.9. The number of rotatable bonds is 12. The molecule has 70 heavy (non-hydrogen) atoms. The van der Waals surface area contributed by atoms with Gasteiger partial charge in [-0.1, -0.05) is 19.1 Å². The van der Waals surface area contributed by atoms with Crippen LogP contribution in [-0.2, 0) is 20.7 Å². The minimum Gasteiger partial charge on any atom is -0.508 e. The van der Waals surface area contributed by atoms with Gasteiger partial charge >= 0.3 is 6.01 Å². The standard InChI is InChI=1S/C54H63F2N9O5/c1-2-38-41(55)6-4-34-24-37(66)25-39(45(34)38)47-46(56)48-40(29-58-47)49(65-18-3-12-54(31-65)17-23-70-54)62-51(61-48)69-32-53(13-14-53)30-63-21-15-52(16-22-63)26-36(27-52)64-19-10-33(11-20-64)35-5-8-43(57-28-35)59-42-7-9-44(67)60-50(42)68/h4-6,8,24-25,28-29,33,36,42,66H,2-3,7,9-23,26-27,30-32H2,1H3,(H,57,59)(H,60,67,68)/t42?,54-/m0/s1. The summed E-state index contributed by atoms with van der Waals surface area (Å²) in [6.45, 7) is 9.75. The van der Waals surface area contributed by atoms with E-state index in [1.807, 2.05) is 19.2 Å². The first kappa shape index (κ1) is 45.6. The van der Waals surface area contributed by atoms with Crippen LogP contribution in [-0.4, -0.2) is 123 Å². The largest absolute Gasteiger partial charge is 0.508 e. The fourth-order valence-electron chi connectivity index (χ4n) is 12.9. The molecule has 3 aromatic heterocycles. The van der Waals surface area contributed by atoms with E-state index in [9.17, 15) is 14.7 Å². The van der Waals surface area contributed by atoms with Gasteiger partial charge in [0.25, 0.3) is 0 Å². The van der Waals surface area contributed by atoms with Gasteiger partial charge in [0.15, 0.2) is 5.82 Å². The Bertz CT molecular complexity index is 2830. The van der Waals surface area contributed by atoms with Gasteiger partial charge in [-0.3, -0.25) is 19.9 Å². The van der Waals surface area contributed by atoms with E-state index in [2.05, 4.69) is 41.4 Å². The molecule has 1 unspecified atom stereocenters. The number of nitrogens with zero attached hydrogens (tertiary/aromatic N) is 7. The number of likely N-dealkylation sites (tertiary alicyclic amines) is 2. The van der Waals surface area contributed by atoms with E-state index >= 15 is 8.78 Å².